The molecular formula is C8H11N2. The minimum absolute atomic E-state index is 0.426. The molecular weight excluding hydrogens is 124 g/mol. The van der Waals surface area contributed by atoms with E-state index in [2.05, 4.69) is 16.9 Å². The molecule has 53 valence electrons. The highest BCUT2D eigenvalue weighted by Crippen LogP contribution is 2.27. The van der Waals surface area contributed by atoms with Crippen LogP contribution in [0.5, 0.6) is 0 Å². The van der Waals surface area contributed by atoms with Crippen LogP contribution in [0.15, 0.2) is 6.33 Å². The fourth-order valence-corrected chi connectivity index (χ4v) is 1.55. The zero-order valence-corrected chi connectivity index (χ0v) is 5.93. The number of fused-ring (bicyclic) bond motifs is 1. The van der Waals surface area contributed by atoms with E-state index < -0.39 is 0 Å². The Labute approximate surface area is 60.7 Å². The Morgan fingerprint density at radius 3 is 3.40 bits per heavy atom. The van der Waals surface area contributed by atoms with Crippen LogP contribution >= 0.6 is 0 Å². The van der Waals surface area contributed by atoms with Gasteiger partial charge in [-0.15, -0.1) is 0 Å². The lowest BCUT2D eigenvalue weighted by Crippen LogP contribution is -2.06. The highest BCUT2D eigenvalue weighted by Gasteiger charge is 2.17. The second kappa shape index (κ2) is 2.11. The molecule has 1 heterocycles. The Morgan fingerprint density at radius 1 is 1.70 bits per heavy atom. The topological polar surface area (TPSA) is 28.7 Å². The number of aromatic amines is 1. The Bertz CT molecular complexity index is 227. The minimum atomic E-state index is 0.426. The third-order valence-electron chi connectivity index (χ3n) is 2.12. The van der Waals surface area contributed by atoms with Crippen LogP contribution in [0.25, 0.3) is 0 Å². The van der Waals surface area contributed by atoms with Crippen molar-refractivity contribution in [3.63, 3.8) is 0 Å². The number of aryl methyl sites for hydroxylation is 1. The number of hydrogen-bond acceptors (Lipinski definition) is 1. The average molecular weight is 135 g/mol. The van der Waals surface area contributed by atoms with Crippen LogP contribution in [0.2, 0.25) is 0 Å². The molecule has 0 spiro atoms. The van der Waals surface area contributed by atoms with Crippen molar-refractivity contribution in [2.45, 2.75) is 25.2 Å². The molecule has 1 aliphatic rings. The van der Waals surface area contributed by atoms with Crippen molar-refractivity contribution in [2.75, 3.05) is 0 Å². The molecule has 0 saturated carbocycles. The van der Waals surface area contributed by atoms with Crippen LogP contribution in [0.4, 0.5) is 0 Å². The zero-order valence-electron chi connectivity index (χ0n) is 5.93. The standard InChI is InChI=1S/C8H11N2/c1-6-3-2-4-7-8(6)10-5-9-7/h5-6H,1-4H2,(H,9,10). The highest BCUT2D eigenvalue weighted by molar-refractivity contribution is 5.20. The summed E-state index contributed by atoms with van der Waals surface area (Å²) in [4.78, 5) is 7.36. The molecule has 1 aromatic rings. The Hall–Kier alpha value is -0.790. The molecule has 1 aliphatic carbocycles. The van der Waals surface area contributed by atoms with Crippen LogP contribution < -0.4 is 0 Å². The van der Waals surface area contributed by atoms with Gasteiger partial charge in [-0.3, -0.25) is 0 Å². The molecule has 0 bridgehead atoms. The van der Waals surface area contributed by atoms with Crippen LogP contribution in [0.1, 0.15) is 30.1 Å². The third-order valence-corrected chi connectivity index (χ3v) is 2.12. The first kappa shape index (κ1) is 5.96. The first-order valence-corrected chi connectivity index (χ1v) is 3.73. The number of aromatic nitrogens is 2. The fourth-order valence-electron chi connectivity index (χ4n) is 1.55. The molecule has 10 heavy (non-hydrogen) atoms. The fraction of sp³-hybridized carbons (Fsp3) is 0.500. The van der Waals surface area contributed by atoms with Crippen molar-refractivity contribution in [3.05, 3.63) is 24.6 Å². The van der Waals surface area contributed by atoms with E-state index in [1.165, 1.54) is 24.2 Å². The molecule has 1 unspecified atom stereocenters. The molecule has 0 saturated heterocycles. The van der Waals surface area contributed by atoms with Crippen LogP contribution in [-0.2, 0) is 6.42 Å². The monoisotopic (exact) mass is 135 g/mol. The predicted molar refractivity (Wildman–Crippen MR) is 39.6 cm³/mol. The van der Waals surface area contributed by atoms with Gasteiger partial charge < -0.3 is 4.98 Å². The van der Waals surface area contributed by atoms with E-state index >= 15 is 0 Å². The third kappa shape index (κ3) is 0.753. The number of imidazole rings is 1. The van der Waals surface area contributed by atoms with E-state index in [4.69, 9.17) is 0 Å². The van der Waals surface area contributed by atoms with Gasteiger partial charge in [0.05, 0.1) is 12.0 Å². The van der Waals surface area contributed by atoms with Crippen molar-refractivity contribution in [1.82, 2.24) is 9.97 Å². The summed E-state index contributed by atoms with van der Waals surface area (Å²) >= 11 is 0. The second-order valence-electron chi connectivity index (χ2n) is 2.86. The van der Waals surface area contributed by atoms with Crippen molar-refractivity contribution in [3.8, 4) is 0 Å². The lowest BCUT2D eigenvalue weighted by molar-refractivity contribution is 0.609. The molecule has 1 aromatic heterocycles. The van der Waals surface area contributed by atoms with E-state index in [1.807, 2.05) is 0 Å². The molecule has 1 radical (unpaired) electrons. The maximum atomic E-state index is 4.22. The maximum absolute atomic E-state index is 4.22. The zero-order chi connectivity index (χ0) is 6.97. The lowest BCUT2D eigenvalue weighted by atomic mass is 9.92. The minimum Gasteiger partial charge on any atom is -0.348 e. The number of nitrogens with one attached hydrogen (secondary N) is 1. The van der Waals surface area contributed by atoms with Gasteiger partial charge in [0.2, 0.25) is 0 Å². The molecule has 0 aromatic carbocycles. The number of nitrogens with zero attached hydrogens (tertiary/aromatic N) is 1. The second-order valence-corrected chi connectivity index (χ2v) is 2.86. The first-order chi connectivity index (χ1) is 4.88. The van der Waals surface area contributed by atoms with E-state index in [9.17, 15) is 0 Å². The number of rotatable bonds is 0. The smallest absolute Gasteiger partial charge is 0.0925 e. The summed E-state index contributed by atoms with van der Waals surface area (Å²) in [5, 5.41) is 0. The van der Waals surface area contributed by atoms with Gasteiger partial charge in [0.25, 0.3) is 0 Å². The largest absolute Gasteiger partial charge is 0.348 e. The van der Waals surface area contributed by atoms with Gasteiger partial charge in [-0.2, -0.15) is 0 Å². The van der Waals surface area contributed by atoms with Crippen molar-refractivity contribution in [2.24, 2.45) is 0 Å². The Balaban J connectivity index is 2.41. The quantitative estimate of drug-likeness (QED) is 0.576. The normalized spacial score (nSPS) is 24.3. The van der Waals surface area contributed by atoms with Crippen molar-refractivity contribution >= 4 is 0 Å². The summed E-state index contributed by atoms with van der Waals surface area (Å²) in [5.41, 5.74) is 2.48. The number of hydrogen-bond donors (Lipinski definition) is 1. The number of H-pyrrole nitrogens is 1. The maximum Gasteiger partial charge on any atom is 0.0925 e. The average Bonchev–Trinajstić information content (AvgIpc) is 2.36. The molecule has 2 nitrogen and oxygen atoms in total. The van der Waals surface area contributed by atoms with Crippen molar-refractivity contribution < 1.29 is 0 Å². The molecule has 1 atom stereocenters. The molecule has 0 fully saturated rings. The van der Waals surface area contributed by atoms with Gasteiger partial charge in [-0.1, -0.05) is 0 Å². The summed E-state index contributed by atoms with van der Waals surface area (Å²) in [6.07, 6.45) is 5.37. The van der Waals surface area contributed by atoms with Crippen LogP contribution in [-0.4, -0.2) is 9.97 Å². The van der Waals surface area contributed by atoms with E-state index in [0.29, 0.717) is 5.92 Å². The molecule has 1 N–H and O–H groups in total. The van der Waals surface area contributed by atoms with Crippen LogP contribution in [0.3, 0.4) is 0 Å². The Kier molecular flexibility index (Phi) is 1.26. The van der Waals surface area contributed by atoms with Gasteiger partial charge in [0.15, 0.2) is 0 Å². The van der Waals surface area contributed by atoms with Gasteiger partial charge >= 0.3 is 0 Å². The Morgan fingerprint density at radius 2 is 2.60 bits per heavy atom. The summed E-state index contributed by atoms with van der Waals surface area (Å²) in [5.74, 6) is 0.426. The predicted octanol–water partition coefficient (Wildman–Crippen LogP) is 1.66. The van der Waals surface area contributed by atoms with E-state index in [0.717, 1.165) is 6.42 Å². The summed E-state index contributed by atoms with van der Waals surface area (Å²) in [6, 6.07) is 0. The molecule has 0 aliphatic heterocycles. The van der Waals surface area contributed by atoms with Crippen molar-refractivity contribution in [1.29, 1.82) is 0 Å². The summed E-state index contributed by atoms with van der Waals surface area (Å²) in [7, 11) is 0. The lowest BCUT2D eigenvalue weighted by Gasteiger charge is -2.15. The van der Waals surface area contributed by atoms with E-state index in [-0.39, 0.29) is 0 Å². The van der Waals surface area contributed by atoms with Crippen LogP contribution in [0, 0.1) is 6.92 Å². The van der Waals surface area contributed by atoms with Gasteiger partial charge in [0, 0.05) is 11.6 Å². The molecule has 2 heteroatoms. The summed E-state index contributed by atoms with van der Waals surface area (Å²) in [6.45, 7) is 4.03. The van der Waals surface area contributed by atoms with Gasteiger partial charge in [-0.25, -0.2) is 4.98 Å². The molecule has 0 amide bonds. The molecule has 2 rings (SSSR count). The first-order valence-electron chi connectivity index (χ1n) is 3.73. The highest BCUT2D eigenvalue weighted by atomic mass is 14.9. The van der Waals surface area contributed by atoms with E-state index in [1.54, 1.807) is 6.33 Å². The SMILES string of the molecule is [CH2]C1CCCc2[nH]cnc21. The van der Waals surface area contributed by atoms with Gasteiger partial charge in [-0.05, 0) is 26.2 Å². The van der Waals surface area contributed by atoms with Gasteiger partial charge in [0.1, 0.15) is 0 Å². The summed E-state index contributed by atoms with van der Waals surface area (Å²) < 4.78 is 0.